The van der Waals surface area contributed by atoms with Crippen molar-refractivity contribution in [1.82, 2.24) is 15.1 Å². The molecule has 1 aliphatic heterocycles. The standard InChI is InChI=1S/C13H21N3O2/c1-2-7-16-9-11(8-15-16)13(17)10-18-12-3-5-14-6-4-12/h8-9,12,14H,2-7,10H2,1H3. The van der Waals surface area contributed by atoms with Crippen LogP contribution in [0.3, 0.4) is 0 Å². The minimum Gasteiger partial charge on any atom is -0.370 e. The first kappa shape index (κ1) is 13.2. The van der Waals surface area contributed by atoms with Gasteiger partial charge in [-0.3, -0.25) is 9.48 Å². The molecule has 2 rings (SSSR count). The number of ether oxygens (including phenoxy) is 1. The third-order valence-electron chi connectivity index (χ3n) is 3.14. The normalized spacial score (nSPS) is 16.9. The maximum absolute atomic E-state index is 11.9. The van der Waals surface area contributed by atoms with Crippen molar-refractivity contribution in [3.05, 3.63) is 18.0 Å². The molecule has 0 atom stereocenters. The van der Waals surface area contributed by atoms with Crippen molar-refractivity contribution in [2.24, 2.45) is 0 Å². The fraction of sp³-hybridized carbons (Fsp3) is 0.692. The Hall–Kier alpha value is -1.20. The molecule has 0 unspecified atom stereocenters. The summed E-state index contributed by atoms with van der Waals surface area (Å²) in [6.07, 6.45) is 6.65. The molecule has 1 aromatic rings. The Morgan fingerprint density at radius 1 is 1.56 bits per heavy atom. The van der Waals surface area contributed by atoms with Gasteiger partial charge in [-0.05, 0) is 32.4 Å². The number of Topliss-reactive ketones (excluding diaryl/α,β-unsaturated/α-hetero) is 1. The van der Waals surface area contributed by atoms with Crippen LogP contribution in [-0.4, -0.2) is 41.4 Å². The van der Waals surface area contributed by atoms with Crippen molar-refractivity contribution in [2.75, 3.05) is 19.7 Å². The number of aryl methyl sites for hydroxylation is 1. The second kappa shape index (κ2) is 6.66. The van der Waals surface area contributed by atoms with Gasteiger partial charge in [-0.2, -0.15) is 5.10 Å². The molecular weight excluding hydrogens is 230 g/mol. The number of nitrogens with zero attached hydrogens (tertiary/aromatic N) is 2. The van der Waals surface area contributed by atoms with E-state index in [1.165, 1.54) is 0 Å². The topological polar surface area (TPSA) is 56.1 Å². The lowest BCUT2D eigenvalue weighted by molar-refractivity contribution is 0.0317. The molecule has 1 saturated heterocycles. The SMILES string of the molecule is CCCn1cc(C(=O)COC2CCNCC2)cn1. The van der Waals surface area contributed by atoms with Gasteiger partial charge in [-0.15, -0.1) is 0 Å². The number of aromatic nitrogens is 2. The lowest BCUT2D eigenvalue weighted by atomic mass is 10.1. The molecule has 1 aromatic heterocycles. The highest BCUT2D eigenvalue weighted by Crippen LogP contribution is 2.08. The summed E-state index contributed by atoms with van der Waals surface area (Å²) in [6, 6.07) is 0. The fourth-order valence-corrected chi connectivity index (χ4v) is 2.10. The zero-order chi connectivity index (χ0) is 12.8. The average molecular weight is 251 g/mol. The number of carbonyl (C=O) groups is 1. The molecule has 0 aromatic carbocycles. The van der Waals surface area contributed by atoms with Gasteiger partial charge in [0, 0.05) is 12.7 Å². The predicted molar refractivity (Wildman–Crippen MR) is 68.7 cm³/mol. The zero-order valence-electron chi connectivity index (χ0n) is 10.9. The quantitative estimate of drug-likeness (QED) is 0.773. The minimum absolute atomic E-state index is 0.0240. The van der Waals surface area contributed by atoms with Gasteiger partial charge in [0.1, 0.15) is 6.61 Å². The molecule has 1 N–H and O–H groups in total. The van der Waals surface area contributed by atoms with E-state index in [2.05, 4.69) is 17.3 Å². The van der Waals surface area contributed by atoms with Gasteiger partial charge in [-0.25, -0.2) is 0 Å². The molecule has 0 aliphatic carbocycles. The van der Waals surface area contributed by atoms with Crippen LogP contribution in [0.1, 0.15) is 36.5 Å². The van der Waals surface area contributed by atoms with Crippen molar-refractivity contribution in [1.29, 1.82) is 0 Å². The first-order chi connectivity index (χ1) is 8.79. The van der Waals surface area contributed by atoms with Crippen LogP contribution < -0.4 is 5.32 Å². The van der Waals surface area contributed by atoms with Crippen molar-refractivity contribution in [3.63, 3.8) is 0 Å². The second-order valence-electron chi connectivity index (χ2n) is 4.68. The van der Waals surface area contributed by atoms with Gasteiger partial charge < -0.3 is 10.1 Å². The summed E-state index contributed by atoms with van der Waals surface area (Å²) in [5.41, 5.74) is 0.650. The predicted octanol–water partition coefficient (Wildman–Crippen LogP) is 1.24. The molecule has 5 nitrogen and oxygen atoms in total. The smallest absolute Gasteiger partial charge is 0.191 e. The van der Waals surface area contributed by atoms with Crippen LogP contribution in [0.5, 0.6) is 0 Å². The Labute approximate surface area is 108 Å². The highest BCUT2D eigenvalue weighted by Gasteiger charge is 2.16. The Kier molecular flexibility index (Phi) is 4.90. The molecule has 1 aliphatic rings. The van der Waals surface area contributed by atoms with Gasteiger partial charge in [-0.1, -0.05) is 6.92 Å². The van der Waals surface area contributed by atoms with Crippen LogP contribution in [0.2, 0.25) is 0 Å². The summed E-state index contributed by atoms with van der Waals surface area (Å²) in [5.74, 6) is 0.0240. The Morgan fingerprint density at radius 2 is 2.33 bits per heavy atom. The average Bonchev–Trinajstić information content (AvgIpc) is 2.86. The molecule has 5 heteroatoms. The van der Waals surface area contributed by atoms with Crippen LogP contribution in [-0.2, 0) is 11.3 Å². The lowest BCUT2D eigenvalue weighted by Gasteiger charge is -2.22. The summed E-state index contributed by atoms with van der Waals surface area (Å²) in [6.45, 7) is 5.06. The van der Waals surface area contributed by atoms with E-state index in [9.17, 15) is 4.79 Å². The third kappa shape index (κ3) is 3.65. The number of hydrogen-bond donors (Lipinski definition) is 1. The van der Waals surface area contributed by atoms with Crippen LogP contribution in [0.4, 0.5) is 0 Å². The van der Waals surface area contributed by atoms with Crippen LogP contribution in [0, 0.1) is 0 Å². The van der Waals surface area contributed by atoms with Crippen LogP contribution >= 0.6 is 0 Å². The number of rotatable bonds is 6. The van der Waals surface area contributed by atoms with Crippen molar-refractivity contribution < 1.29 is 9.53 Å². The van der Waals surface area contributed by atoms with E-state index in [-0.39, 0.29) is 18.5 Å². The monoisotopic (exact) mass is 251 g/mol. The van der Waals surface area contributed by atoms with Crippen LogP contribution in [0.15, 0.2) is 12.4 Å². The van der Waals surface area contributed by atoms with Gasteiger partial charge >= 0.3 is 0 Å². The number of ketones is 1. The summed E-state index contributed by atoms with van der Waals surface area (Å²) < 4.78 is 7.45. The molecule has 18 heavy (non-hydrogen) atoms. The molecule has 0 spiro atoms. The van der Waals surface area contributed by atoms with E-state index in [0.717, 1.165) is 38.9 Å². The highest BCUT2D eigenvalue weighted by atomic mass is 16.5. The van der Waals surface area contributed by atoms with Crippen molar-refractivity contribution in [2.45, 2.75) is 38.8 Å². The molecule has 0 radical (unpaired) electrons. The second-order valence-corrected chi connectivity index (χ2v) is 4.68. The van der Waals surface area contributed by atoms with Gasteiger partial charge in [0.15, 0.2) is 5.78 Å². The summed E-state index contributed by atoms with van der Waals surface area (Å²) in [4.78, 5) is 11.9. The maximum atomic E-state index is 11.9. The molecule has 0 saturated carbocycles. The number of hydrogen-bond acceptors (Lipinski definition) is 4. The zero-order valence-corrected chi connectivity index (χ0v) is 10.9. The first-order valence-corrected chi connectivity index (χ1v) is 6.67. The van der Waals surface area contributed by atoms with Crippen LogP contribution in [0.25, 0.3) is 0 Å². The minimum atomic E-state index is 0.0240. The molecule has 100 valence electrons. The van der Waals surface area contributed by atoms with E-state index in [0.29, 0.717) is 5.56 Å². The number of carbonyl (C=O) groups excluding carboxylic acids is 1. The molecule has 2 heterocycles. The third-order valence-corrected chi connectivity index (χ3v) is 3.14. The summed E-state index contributed by atoms with van der Waals surface area (Å²) in [7, 11) is 0. The van der Waals surface area contributed by atoms with Gasteiger partial charge in [0.05, 0.1) is 17.9 Å². The first-order valence-electron chi connectivity index (χ1n) is 6.67. The van der Waals surface area contributed by atoms with E-state index < -0.39 is 0 Å². The van der Waals surface area contributed by atoms with Gasteiger partial charge in [0.2, 0.25) is 0 Å². The van der Waals surface area contributed by atoms with Crippen molar-refractivity contribution >= 4 is 5.78 Å². The van der Waals surface area contributed by atoms with Gasteiger partial charge in [0.25, 0.3) is 0 Å². The fourth-order valence-electron chi connectivity index (χ4n) is 2.10. The molecule has 0 bridgehead atoms. The summed E-state index contributed by atoms with van der Waals surface area (Å²) in [5, 5.41) is 7.43. The van der Waals surface area contributed by atoms with E-state index >= 15 is 0 Å². The Morgan fingerprint density at radius 3 is 3.06 bits per heavy atom. The summed E-state index contributed by atoms with van der Waals surface area (Å²) >= 11 is 0. The largest absolute Gasteiger partial charge is 0.370 e. The molecular formula is C13H21N3O2. The molecule has 1 fully saturated rings. The lowest BCUT2D eigenvalue weighted by Crippen LogP contribution is -2.33. The maximum Gasteiger partial charge on any atom is 0.191 e. The van der Waals surface area contributed by atoms with E-state index in [4.69, 9.17) is 4.74 Å². The number of nitrogens with one attached hydrogen (secondary N) is 1. The van der Waals surface area contributed by atoms with Crippen molar-refractivity contribution in [3.8, 4) is 0 Å². The molecule has 0 amide bonds. The van der Waals surface area contributed by atoms with E-state index in [1.807, 2.05) is 0 Å². The highest BCUT2D eigenvalue weighted by molar-refractivity contribution is 5.96. The Balaban J connectivity index is 1.79. The number of piperidine rings is 1. The Bertz CT molecular complexity index is 383. The van der Waals surface area contributed by atoms with E-state index in [1.54, 1.807) is 17.1 Å².